The van der Waals surface area contributed by atoms with E-state index in [1.807, 2.05) is 17.5 Å². The van der Waals surface area contributed by atoms with Crippen LogP contribution >= 0.6 is 11.3 Å². The first kappa shape index (κ1) is 22.9. The molecular weight excluding hydrogens is 446 g/mol. The zero-order valence-corrected chi connectivity index (χ0v) is 20.3. The third-order valence-corrected chi connectivity index (χ3v) is 9.05. The highest BCUT2D eigenvalue weighted by Crippen LogP contribution is 2.42. The van der Waals surface area contributed by atoms with Gasteiger partial charge in [-0.05, 0) is 67.8 Å². The van der Waals surface area contributed by atoms with Crippen LogP contribution in [0.1, 0.15) is 44.1 Å². The van der Waals surface area contributed by atoms with Crippen LogP contribution in [0.2, 0.25) is 0 Å². The van der Waals surface area contributed by atoms with E-state index in [0.29, 0.717) is 36.8 Å². The van der Waals surface area contributed by atoms with Gasteiger partial charge in [0.05, 0.1) is 16.9 Å². The summed E-state index contributed by atoms with van der Waals surface area (Å²) in [6, 6.07) is 8.69. The largest absolute Gasteiger partial charge is 0.350 e. The number of carbonyl (C=O) groups is 2. The molecule has 2 amide bonds. The summed E-state index contributed by atoms with van der Waals surface area (Å²) >= 11 is 1.56. The summed E-state index contributed by atoms with van der Waals surface area (Å²) in [4.78, 5) is 28.4. The Kier molecular flexibility index (Phi) is 6.17. The highest BCUT2D eigenvalue weighted by Gasteiger charge is 2.45. The quantitative estimate of drug-likeness (QED) is 0.696. The Morgan fingerprint density at radius 2 is 2.06 bits per heavy atom. The van der Waals surface area contributed by atoms with E-state index in [2.05, 4.69) is 12.2 Å². The number of nitrogens with zero attached hydrogens (tertiary/aromatic N) is 2. The van der Waals surface area contributed by atoms with Crippen LogP contribution < -0.4 is 10.2 Å². The lowest BCUT2D eigenvalue weighted by Gasteiger charge is -2.30. The van der Waals surface area contributed by atoms with Gasteiger partial charge in [0, 0.05) is 23.7 Å². The summed E-state index contributed by atoms with van der Waals surface area (Å²) in [5, 5.41) is 4.79. The lowest BCUT2D eigenvalue weighted by Crippen LogP contribution is -2.42. The molecule has 32 heavy (non-hydrogen) atoms. The molecule has 2 aromatic rings. The number of amides is 2. The number of fused-ring (bicyclic) bond motifs is 1. The van der Waals surface area contributed by atoms with E-state index in [9.17, 15) is 18.0 Å². The fourth-order valence-electron chi connectivity index (χ4n) is 4.44. The standard InChI is InChI=1S/C23H29N3O4S2/c1-16-6-4-10-25(14-16)32(29,30)18-8-9-20-19(12-18)23(2,3)22(28)26(20)15-21(27)24-13-17-7-5-11-31-17/h5,7-9,11-12,16H,4,6,10,13-15H2,1-3H3,(H,24,27)/t16-/m1/s1. The van der Waals surface area contributed by atoms with Gasteiger partial charge >= 0.3 is 0 Å². The number of hydrogen-bond acceptors (Lipinski definition) is 5. The molecule has 1 N–H and O–H groups in total. The molecular formula is C23H29N3O4S2. The van der Waals surface area contributed by atoms with E-state index >= 15 is 0 Å². The number of thiophene rings is 1. The van der Waals surface area contributed by atoms with Crippen molar-refractivity contribution in [1.82, 2.24) is 9.62 Å². The van der Waals surface area contributed by atoms with E-state index in [4.69, 9.17) is 0 Å². The van der Waals surface area contributed by atoms with Gasteiger partial charge in [-0.25, -0.2) is 8.42 Å². The first-order valence-electron chi connectivity index (χ1n) is 10.9. The second-order valence-corrected chi connectivity index (χ2v) is 12.1. The van der Waals surface area contributed by atoms with E-state index in [0.717, 1.165) is 17.7 Å². The van der Waals surface area contributed by atoms with E-state index in [1.165, 1.54) is 4.90 Å². The maximum atomic E-state index is 13.2. The number of benzene rings is 1. The Bertz CT molecular complexity index is 1130. The molecule has 9 heteroatoms. The molecule has 0 bridgehead atoms. The molecule has 0 spiro atoms. The number of piperidine rings is 1. The van der Waals surface area contributed by atoms with Crippen LogP contribution in [0.25, 0.3) is 0 Å². The molecule has 1 fully saturated rings. The van der Waals surface area contributed by atoms with Gasteiger partial charge in [-0.2, -0.15) is 4.31 Å². The van der Waals surface area contributed by atoms with E-state index in [-0.39, 0.29) is 23.3 Å². The Morgan fingerprint density at radius 3 is 2.75 bits per heavy atom. The maximum Gasteiger partial charge on any atom is 0.243 e. The number of nitrogens with one attached hydrogen (secondary N) is 1. The predicted molar refractivity (Wildman–Crippen MR) is 125 cm³/mol. The van der Waals surface area contributed by atoms with Crippen molar-refractivity contribution < 1.29 is 18.0 Å². The van der Waals surface area contributed by atoms with Crippen molar-refractivity contribution in [2.45, 2.75) is 50.5 Å². The van der Waals surface area contributed by atoms with Gasteiger partial charge < -0.3 is 10.2 Å². The smallest absolute Gasteiger partial charge is 0.243 e. The maximum absolute atomic E-state index is 13.2. The lowest BCUT2D eigenvalue weighted by molar-refractivity contribution is -0.125. The summed E-state index contributed by atoms with van der Waals surface area (Å²) in [5.41, 5.74) is 0.321. The first-order chi connectivity index (χ1) is 15.1. The van der Waals surface area contributed by atoms with Crippen LogP contribution in [-0.4, -0.2) is 44.2 Å². The zero-order valence-electron chi connectivity index (χ0n) is 18.6. The van der Waals surface area contributed by atoms with Crippen molar-refractivity contribution in [2.75, 3.05) is 24.5 Å². The topological polar surface area (TPSA) is 86.8 Å². The molecule has 172 valence electrons. The van der Waals surface area contributed by atoms with Crippen LogP contribution in [0.5, 0.6) is 0 Å². The van der Waals surface area contributed by atoms with Crippen molar-refractivity contribution >= 4 is 38.9 Å². The molecule has 0 saturated carbocycles. The number of sulfonamides is 1. The van der Waals surface area contributed by atoms with Crippen LogP contribution in [0.15, 0.2) is 40.6 Å². The fourth-order valence-corrected chi connectivity index (χ4v) is 6.71. The Morgan fingerprint density at radius 1 is 1.28 bits per heavy atom. The van der Waals surface area contributed by atoms with Gasteiger partial charge in [-0.3, -0.25) is 9.59 Å². The molecule has 0 aliphatic carbocycles. The van der Waals surface area contributed by atoms with E-state index < -0.39 is 15.4 Å². The summed E-state index contributed by atoms with van der Waals surface area (Å²) in [5.74, 6) is -0.136. The number of rotatable bonds is 6. The Labute approximate surface area is 193 Å². The second-order valence-electron chi connectivity index (χ2n) is 9.16. The molecule has 1 aromatic carbocycles. The predicted octanol–water partition coefficient (Wildman–Crippen LogP) is 3.11. The average Bonchev–Trinajstić information content (AvgIpc) is 3.34. The molecule has 4 rings (SSSR count). The molecule has 1 aromatic heterocycles. The molecule has 0 radical (unpaired) electrons. The van der Waals surface area contributed by atoms with Gasteiger partial charge in [0.15, 0.2) is 0 Å². The normalized spacial score (nSPS) is 20.9. The molecule has 3 heterocycles. The second kappa shape index (κ2) is 8.61. The van der Waals surface area contributed by atoms with Crippen molar-refractivity contribution in [3.63, 3.8) is 0 Å². The molecule has 2 aliphatic rings. The van der Waals surface area contributed by atoms with Gasteiger partial charge in [-0.1, -0.05) is 13.0 Å². The van der Waals surface area contributed by atoms with Gasteiger partial charge in [-0.15, -0.1) is 11.3 Å². The van der Waals surface area contributed by atoms with Gasteiger partial charge in [0.25, 0.3) is 0 Å². The van der Waals surface area contributed by atoms with Crippen molar-refractivity contribution in [3.8, 4) is 0 Å². The highest BCUT2D eigenvalue weighted by atomic mass is 32.2. The number of hydrogen-bond donors (Lipinski definition) is 1. The first-order valence-corrected chi connectivity index (χ1v) is 13.2. The van der Waals surface area contributed by atoms with Crippen molar-refractivity contribution in [2.24, 2.45) is 5.92 Å². The van der Waals surface area contributed by atoms with Crippen LogP contribution in [-0.2, 0) is 31.6 Å². The number of anilines is 1. The van der Waals surface area contributed by atoms with Crippen LogP contribution in [0, 0.1) is 5.92 Å². The van der Waals surface area contributed by atoms with Crippen molar-refractivity contribution in [1.29, 1.82) is 0 Å². The monoisotopic (exact) mass is 475 g/mol. The van der Waals surface area contributed by atoms with Gasteiger partial charge in [0.1, 0.15) is 6.54 Å². The molecule has 7 nitrogen and oxygen atoms in total. The fraction of sp³-hybridized carbons (Fsp3) is 0.478. The molecule has 0 unspecified atom stereocenters. The minimum Gasteiger partial charge on any atom is -0.350 e. The molecule has 2 aliphatic heterocycles. The SMILES string of the molecule is C[C@@H]1CCCN(S(=O)(=O)c2ccc3c(c2)C(C)(C)C(=O)N3CC(=O)NCc2cccs2)C1. The summed E-state index contributed by atoms with van der Waals surface area (Å²) in [6.45, 7) is 6.96. The summed E-state index contributed by atoms with van der Waals surface area (Å²) < 4.78 is 28.0. The number of carbonyl (C=O) groups excluding carboxylic acids is 2. The summed E-state index contributed by atoms with van der Waals surface area (Å²) in [7, 11) is -3.63. The minimum atomic E-state index is -3.63. The molecule has 1 atom stereocenters. The zero-order chi connectivity index (χ0) is 23.1. The van der Waals surface area contributed by atoms with E-state index in [1.54, 1.807) is 47.7 Å². The van der Waals surface area contributed by atoms with Gasteiger partial charge in [0.2, 0.25) is 21.8 Å². The third-order valence-electron chi connectivity index (χ3n) is 6.31. The van der Waals surface area contributed by atoms with Crippen LogP contribution in [0.4, 0.5) is 5.69 Å². The highest BCUT2D eigenvalue weighted by molar-refractivity contribution is 7.89. The average molecular weight is 476 g/mol. The molecule has 1 saturated heterocycles. The Balaban J connectivity index is 1.57. The Hall–Kier alpha value is -2.23. The lowest BCUT2D eigenvalue weighted by atomic mass is 9.86. The van der Waals surface area contributed by atoms with Crippen LogP contribution in [0.3, 0.4) is 0 Å². The minimum absolute atomic E-state index is 0.101. The summed E-state index contributed by atoms with van der Waals surface area (Å²) in [6.07, 6.45) is 1.88. The van der Waals surface area contributed by atoms with Crippen molar-refractivity contribution in [3.05, 3.63) is 46.2 Å². The third kappa shape index (κ3) is 4.21.